The van der Waals surface area contributed by atoms with Crippen molar-refractivity contribution < 1.29 is 23.4 Å². The van der Waals surface area contributed by atoms with E-state index in [-0.39, 0.29) is 12.4 Å². The lowest BCUT2D eigenvalue weighted by atomic mass is 10.1. The lowest BCUT2D eigenvalue weighted by molar-refractivity contribution is 0.0636. The van der Waals surface area contributed by atoms with E-state index in [9.17, 15) is 4.79 Å². The summed E-state index contributed by atoms with van der Waals surface area (Å²) in [4.78, 5) is 21.7. The minimum Gasteiger partial charge on any atom is -0.497 e. The van der Waals surface area contributed by atoms with E-state index in [1.54, 1.807) is 25.3 Å². The smallest absolute Gasteiger partial charge is 0.412 e. The summed E-state index contributed by atoms with van der Waals surface area (Å²) < 4.78 is 34.3. The molecule has 2 N–H and O–H groups in total. The summed E-state index contributed by atoms with van der Waals surface area (Å²) in [6.07, 6.45) is 0.979. The Kier molecular flexibility index (Phi) is 9.48. The molecule has 6 rings (SSSR count). The number of fused-ring (bicyclic) bond motifs is 1. The van der Waals surface area contributed by atoms with Crippen molar-refractivity contribution in [1.82, 2.24) is 14.5 Å². The standard InChI is InChI=1S/C39H38FN5O4/c1-25-34-36(37(43-24-42-34)41-22-26-11-18-31(47-5)19-12-26)45(30-17-20-33(32(40)21-30)48-23-27-9-7-6-8-10-27)35(25)28-13-15-29(16-14-28)44-38(46)49-39(2,3)4/h6-21,24H,22-23H2,1-5H3,(H,44,46)(H,41,42,43). The maximum Gasteiger partial charge on any atom is 0.412 e. The van der Waals surface area contributed by atoms with E-state index in [2.05, 4.69) is 20.6 Å². The highest BCUT2D eigenvalue weighted by Crippen LogP contribution is 2.39. The fourth-order valence-corrected chi connectivity index (χ4v) is 5.53. The number of carbonyl (C=O) groups excluding carboxylic acids is 1. The average molecular weight is 660 g/mol. The number of aryl methyl sites for hydroxylation is 1. The monoisotopic (exact) mass is 659 g/mol. The number of hydrogen-bond donors (Lipinski definition) is 2. The van der Waals surface area contributed by atoms with Gasteiger partial charge in [-0.2, -0.15) is 0 Å². The van der Waals surface area contributed by atoms with Gasteiger partial charge in [-0.25, -0.2) is 19.2 Å². The molecule has 9 nitrogen and oxygen atoms in total. The number of nitrogens with one attached hydrogen (secondary N) is 2. The SMILES string of the molecule is COc1ccc(CNc2ncnc3c(C)c(-c4ccc(NC(=O)OC(C)(C)C)cc4)n(-c4ccc(OCc5ccccc5)c(F)c4)c23)cc1. The number of anilines is 2. The molecule has 1 amide bonds. The van der Waals surface area contributed by atoms with Crippen molar-refractivity contribution >= 4 is 28.6 Å². The van der Waals surface area contributed by atoms with Gasteiger partial charge in [0, 0.05) is 29.5 Å². The van der Waals surface area contributed by atoms with Gasteiger partial charge in [-0.05, 0) is 80.8 Å². The number of benzene rings is 4. The number of ether oxygens (including phenoxy) is 3. The minimum atomic E-state index is -0.625. The molecule has 0 radical (unpaired) electrons. The van der Waals surface area contributed by atoms with Gasteiger partial charge in [-0.3, -0.25) is 5.32 Å². The van der Waals surface area contributed by atoms with E-state index in [4.69, 9.17) is 14.2 Å². The summed E-state index contributed by atoms with van der Waals surface area (Å²) in [5.41, 5.74) is 6.39. The van der Waals surface area contributed by atoms with E-state index in [0.717, 1.165) is 33.7 Å². The van der Waals surface area contributed by atoms with Crippen LogP contribution in [0, 0.1) is 12.7 Å². The van der Waals surface area contributed by atoms with Crippen molar-refractivity contribution in [3.8, 4) is 28.4 Å². The summed E-state index contributed by atoms with van der Waals surface area (Å²) in [7, 11) is 1.63. The van der Waals surface area contributed by atoms with Crippen LogP contribution < -0.4 is 20.1 Å². The molecular weight excluding hydrogens is 621 g/mol. The molecule has 4 aromatic carbocycles. The van der Waals surface area contributed by atoms with Gasteiger partial charge in [-0.1, -0.05) is 54.6 Å². The molecule has 10 heteroatoms. The van der Waals surface area contributed by atoms with Gasteiger partial charge in [0.15, 0.2) is 17.4 Å². The van der Waals surface area contributed by atoms with Crippen LogP contribution in [0.25, 0.3) is 28.0 Å². The first kappa shape index (κ1) is 33.0. The minimum absolute atomic E-state index is 0.147. The molecule has 0 aliphatic heterocycles. The van der Waals surface area contributed by atoms with Gasteiger partial charge in [0.05, 0.1) is 18.3 Å². The van der Waals surface area contributed by atoms with Crippen molar-refractivity contribution in [1.29, 1.82) is 0 Å². The Morgan fingerprint density at radius 1 is 0.898 bits per heavy atom. The molecule has 0 saturated carbocycles. The van der Waals surface area contributed by atoms with Crippen molar-refractivity contribution in [3.63, 3.8) is 0 Å². The molecule has 0 atom stereocenters. The summed E-state index contributed by atoms with van der Waals surface area (Å²) in [5, 5.41) is 6.24. The Bertz CT molecular complexity index is 2070. The van der Waals surface area contributed by atoms with Crippen LogP contribution in [0.4, 0.5) is 20.7 Å². The number of nitrogens with zero attached hydrogens (tertiary/aromatic N) is 3. The van der Waals surface area contributed by atoms with Gasteiger partial charge >= 0.3 is 6.09 Å². The van der Waals surface area contributed by atoms with Crippen molar-refractivity contribution in [2.24, 2.45) is 0 Å². The van der Waals surface area contributed by atoms with Crippen LogP contribution in [0.5, 0.6) is 11.5 Å². The van der Waals surface area contributed by atoms with E-state index in [1.807, 2.05) is 105 Å². The lowest BCUT2D eigenvalue weighted by Crippen LogP contribution is -2.27. The van der Waals surface area contributed by atoms with Crippen LogP contribution in [0.1, 0.15) is 37.5 Å². The van der Waals surface area contributed by atoms with Crippen LogP contribution in [0.3, 0.4) is 0 Å². The van der Waals surface area contributed by atoms with E-state index in [1.165, 1.54) is 12.4 Å². The second kappa shape index (κ2) is 14.1. The molecule has 0 aliphatic rings. The highest BCUT2D eigenvalue weighted by atomic mass is 19.1. The summed E-state index contributed by atoms with van der Waals surface area (Å²) in [5.74, 6) is 1.01. The average Bonchev–Trinajstić information content (AvgIpc) is 3.39. The van der Waals surface area contributed by atoms with Gasteiger partial charge in [0.2, 0.25) is 0 Å². The molecule has 0 spiro atoms. The summed E-state index contributed by atoms with van der Waals surface area (Å²) >= 11 is 0. The predicted octanol–water partition coefficient (Wildman–Crippen LogP) is 9.08. The topological polar surface area (TPSA) is 99.5 Å². The largest absolute Gasteiger partial charge is 0.497 e. The molecular formula is C39H38FN5O4. The van der Waals surface area contributed by atoms with E-state index in [0.29, 0.717) is 34.8 Å². The van der Waals surface area contributed by atoms with Crippen LogP contribution in [-0.2, 0) is 17.9 Å². The molecule has 2 aromatic heterocycles. The maximum absolute atomic E-state index is 15.8. The Balaban J connectivity index is 1.40. The highest BCUT2D eigenvalue weighted by molar-refractivity contribution is 5.97. The molecule has 6 aromatic rings. The fraction of sp³-hybridized carbons (Fsp3) is 0.205. The first-order valence-electron chi connectivity index (χ1n) is 15.9. The normalized spacial score (nSPS) is 11.3. The number of rotatable bonds is 10. The van der Waals surface area contributed by atoms with Gasteiger partial charge < -0.3 is 24.1 Å². The third-order valence-corrected chi connectivity index (χ3v) is 7.81. The zero-order chi connectivity index (χ0) is 34.5. The van der Waals surface area contributed by atoms with Crippen LogP contribution in [-0.4, -0.2) is 33.3 Å². The lowest BCUT2D eigenvalue weighted by Gasteiger charge is -2.19. The third-order valence-electron chi connectivity index (χ3n) is 7.81. The summed E-state index contributed by atoms with van der Waals surface area (Å²) in [6, 6.07) is 29.7. The molecule has 0 fully saturated rings. The second-order valence-electron chi connectivity index (χ2n) is 12.5. The third kappa shape index (κ3) is 7.65. The van der Waals surface area contributed by atoms with Crippen LogP contribution in [0.2, 0.25) is 0 Å². The zero-order valence-corrected chi connectivity index (χ0v) is 28.1. The summed E-state index contributed by atoms with van der Waals surface area (Å²) in [6.45, 7) is 8.14. The van der Waals surface area contributed by atoms with E-state index >= 15 is 4.39 Å². The molecule has 0 bridgehead atoms. The number of halogens is 1. The van der Waals surface area contributed by atoms with Crippen molar-refractivity contribution in [2.75, 3.05) is 17.7 Å². The number of amides is 1. The van der Waals surface area contributed by atoms with Crippen molar-refractivity contribution in [2.45, 2.75) is 46.4 Å². The first-order chi connectivity index (χ1) is 23.6. The number of carbonyl (C=O) groups is 1. The zero-order valence-electron chi connectivity index (χ0n) is 28.1. The molecule has 0 unspecified atom stereocenters. The molecule has 250 valence electrons. The number of methoxy groups -OCH3 is 1. The molecule has 2 heterocycles. The van der Waals surface area contributed by atoms with Gasteiger partial charge in [0.25, 0.3) is 0 Å². The van der Waals surface area contributed by atoms with Gasteiger partial charge in [-0.15, -0.1) is 0 Å². The Hall–Kier alpha value is -5.90. The van der Waals surface area contributed by atoms with Gasteiger partial charge in [0.1, 0.15) is 29.8 Å². The number of aromatic nitrogens is 3. The van der Waals surface area contributed by atoms with Crippen LogP contribution >= 0.6 is 0 Å². The first-order valence-corrected chi connectivity index (χ1v) is 15.9. The maximum atomic E-state index is 15.8. The predicted molar refractivity (Wildman–Crippen MR) is 190 cm³/mol. The van der Waals surface area contributed by atoms with Crippen molar-refractivity contribution in [3.05, 3.63) is 126 Å². The fourth-order valence-electron chi connectivity index (χ4n) is 5.53. The molecule has 0 saturated heterocycles. The highest BCUT2D eigenvalue weighted by Gasteiger charge is 2.23. The molecule has 0 aliphatic carbocycles. The number of hydrogen-bond acceptors (Lipinski definition) is 7. The Morgan fingerprint density at radius 2 is 1.63 bits per heavy atom. The Morgan fingerprint density at radius 3 is 2.31 bits per heavy atom. The second-order valence-corrected chi connectivity index (χ2v) is 12.5. The van der Waals surface area contributed by atoms with E-state index < -0.39 is 17.5 Å². The Labute approximate surface area is 284 Å². The quantitative estimate of drug-likeness (QED) is 0.151. The molecule has 49 heavy (non-hydrogen) atoms. The van der Waals surface area contributed by atoms with Crippen LogP contribution in [0.15, 0.2) is 103 Å².